The minimum absolute atomic E-state index is 0.0953. The Morgan fingerprint density at radius 1 is 1.47 bits per heavy atom. The lowest BCUT2D eigenvalue weighted by atomic mass is 10.1. The molecule has 0 aliphatic rings. The van der Waals surface area contributed by atoms with Gasteiger partial charge >= 0.3 is 0 Å². The Hall–Kier alpha value is -1.81. The van der Waals surface area contributed by atoms with Gasteiger partial charge in [0, 0.05) is 19.4 Å². The van der Waals surface area contributed by atoms with Crippen LogP contribution in [0.3, 0.4) is 0 Å². The van der Waals surface area contributed by atoms with E-state index in [9.17, 15) is 0 Å². The van der Waals surface area contributed by atoms with Gasteiger partial charge in [-0.15, -0.1) is 0 Å². The molecule has 1 heterocycles. The molecule has 1 aromatic carbocycles. The summed E-state index contributed by atoms with van der Waals surface area (Å²) in [6, 6.07) is 7.85. The molecular formula is C13H17N3O. The lowest BCUT2D eigenvalue weighted by Gasteiger charge is -2.12. The number of nitrogens with zero attached hydrogens (tertiary/aromatic N) is 2. The quantitative estimate of drug-likeness (QED) is 0.870. The first kappa shape index (κ1) is 11.7. The van der Waals surface area contributed by atoms with Crippen LogP contribution < -0.4 is 10.5 Å². The van der Waals surface area contributed by atoms with Crippen molar-refractivity contribution < 1.29 is 4.74 Å². The van der Waals surface area contributed by atoms with Gasteiger partial charge in [0.1, 0.15) is 11.6 Å². The standard InChI is InChI=1S/C13H17N3O/c1-16-7-6-15-13(16)12(14)9-10-4-3-5-11(8-10)17-2/h3-8,12H,9,14H2,1-2H3. The second-order valence-electron chi connectivity index (χ2n) is 4.06. The van der Waals surface area contributed by atoms with Crippen molar-refractivity contribution in [1.82, 2.24) is 9.55 Å². The Kier molecular flexibility index (Phi) is 3.44. The number of hydrogen-bond acceptors (Lipinski definition) is 3. The molecular weight excluding hydrogens is 214 g/mol. The molecule has 1 unspecified atom stereocenters. The van der Waals surface area contributed by atoms with Crippen LogP contribution >= 0.6 is 0 Å². The highest BCUT2D eigenvalue weighted by Crippen LogP contribution is 2.18. The number of rotatable bonds is 4. The van der Waals surface area contributed by atoms with E-state index in [0.717, 1.165) is 23.6 Å². The van der Waals surface area contributed by atoms with Crippen molar-refractivity contribution in [1.29, 1.82) is 0 Å². The maximum atomic E-state index is 6.14. The van der Waals surface area contributed by atoms with E-state index < -0.39 is 0 Å². The first-order valence-electron chi connectivity index (χ1n) is 5.56. The Balaban J connectivity index is 2.13. The number of aryl methyl sites for hydroxylation is 1. The zero-order valence-corrected chi connectivity index (χ0v) is 10.1. The molecule has 0 amide bonds. The Morgan fingerprint density at radius 2 is 2.29 bits per heavy atom. The Bertz CT molecular complexity index is 493. The second-order valence-corrected chi connectivity index (χ2v) is 4.06. The topological polar surface area (TPSA) is 53.1 Å². The average Bonchev–Trinajstić information content (AvgIpc) is 2.76. The average molecular weight is 231 g/mol. The Labute approximate surface area is 101 Å². The molecule has 1 atom stereocenters. The number of ether oxygens (including phenoxy) is 1. The van der Waals surface area contributed by atoms with E-state index in [1.165, 1.54) is 0 Å². The van der Waals surface area contributed by atoms with Gasteiger partial charge in [0.25, 0.3) is 0 Å². The van der Waals surface area contributed by atoms with E-state index in [-0.39, 0.29) is 6.04 Å². The molecule has 2 aromatic rings. The van der Waals surface area contributed by atoms with Crippen LogP contribution in [0.4, 0.5) is 0 Å². The third kappa shape index (κ3) is 2.65. The predicted octanol–water partition coefficient (Wildman–Crippen LogP) is 1.67. The molecule has 0 fully saturated rings. The minimum Gasteiger partial charge on any atom is -0.497 e. The molecule has 0 saturated heterocycles. The van der Waals surface area contributed by atoms with Gasteiger partial charge in [-0.25, -0.2) is 4.98 Å². The van der Waals surface area contributed by atoms with Crippen LogP contribution in [0.15, 0.2) is 36.7 Å². The number of hydrogen-bond donors (Lipinski definition) is 1. The van der Waals surface area contributed by atoms with Crippen molar-refractivity contribution in [3.8, 4) is 5.75 Å². The van der Waals surface area contributed by atoms with Gasteiger partial charge in [-0.05, 0) is 24.1 Å². The summed E-state index contributed by atoms with van der Waals surface area (Å²) in [6.45, 7) is 0. The lowest BCUT2D eigenvalue weighted by Crippen LogP contribution is -2.17. The predicted molar refractivity (Wildman–Crippen MR) is 66.8 cm³/mol. The van der Waals surface area contributed by atoms with Crippen molar-refractivity contribution in [2.75, 3.05) is 7.11 Å². The SMILES string of the molecule is COc1cccc(CC(N)c2nccn2C)c1. The van der Waals surface area contributed by atoms with Crippen LogP contribution in [0, 0.1) is 0 Å². The third-order valence-corrected chi connectivity index (χ3v) is 2.78. The molecule has 4 nitrogen and oxygen atoms in total. The highest BCUT2D eigenvalue weighted by Gasteiger charge is 2.11. The fraction of sp³-hybridized carbons (Fsp3) is 0.308. The highest BCUT2D eigenvalue weighted by atomic mass is 16.5. The fourth-order valence-electron chi connectivity index (χ4n) is 1.88. The molecule has 0 spiro atoms. The van der Waals surface area contributed by atoms with E-state index in [1.54, 1.807) is 13.3 Å². The van der Waals surface area contributed by atoms with Crippen LogP contribution in [0.5, 0.6) is 5.75 Å². The smallest absolute Gasteiger partial charge is 0.125 e. The van der Waals surface area contributed by atoms with Gasteiger partial charge in [-0.2, -0.15) is 0 Å². The Morgan fingerprint density at radius 3 is 2.94 bits per heavy atom. The molecule has 0 radical (unpaired) electrons. The van der Waals surface area contributed by atoms with E-state index >= 15 is 0 Å². The number of nitrogens with two attached hydrogens (primary N) is 1. The third-order valence-electron chi connectivity index (χ3n) is 2.78. The van der Waals surface area contributed by atoms with Crippen molar-refractivity contribution in [3.63, 3.8) is 0 Å². The molecule has 2 rings (SSSR count). The number of methoxy groups -OCH3 is 1. The lowest BCUT2D eigenvalue weighted by molar-refractivity contribution is 0.414. The minimum atomic E-state index is -0.0953. The molecule has 0 aliphatic carbocycles. The monoisotopic (exact) mass is 231 g/mol. The number of aromatic nitrogens is 2. The maximum Gasteiger partial charge on any atom is 0.125 e. The zero-order chi connectivity index (χ0) is 12.3. The largest absolute Gasteiger partial charge is 0.497 e. The van der Waals surface area contributed by atoms with E-state index in [4.69, 9.17) is 10.5 Å². The second kappa shape index (κ2) is 5.01. The molecule has 4 heteroatoms. The summed E-state index contributed by atoms with van der Waals surface area (Å²) in [5.41, 5.74) is 7.29. The molecule has 2 N–H and O–H groups in total. The van der Waals surface area contributed by atoms with Crippen molar-refractivity contribution in [2.24, 2.45) is 12.8 Å². The molecule has 0 aliphatic heterocycles. The van der Waals surface area contributed by atoms with Gasteiger partial charge in [-0.1, -0.05) is 12.1 Å². The van der Waals surface area contributed by atoms with Gasteiger partial charge in [0.15, 0.2) is 0 Å². The first-order chi connectivity index (χ1) is 8.20. The fourth-order valence-corrected chi connectivity index (χ4v) is 1.88. The van der Waals surface area contributed by atoms with Crippen molar-refractivity contribution in [3.05, 3.63) is 48.0 Å². The maximum absolute atomic E-state index is 6.14. The summed E-state index contributed by atoms with van der Waals surface area (Å²) in [7, 11) is 3.62. The van der Waals surface area contributed by atoms with Gasteiger partial charge in [0.2, 0.25) is 0 Å². The van der Waals surface area contributed by atoms with Crippen LogP contribution in [-0.2, 0) is 13.5 Å². The molecule has 17 heavy (non-hydrogen) atoms. The number of benzene rings is 1. The van der Waals surface area contributed by atoms with Gasteiger partial charge in [0.05, 0.1) is 13.2 Å². The first-order valence-corrected chi connectivity index (χ1v) is 5.56. The molecule has 1 aromatic heterocycles. The molecule has 0 bridgehead atoms. The summed E-state index contributed by atoms with van der Waals surface area (Å²) in [6.07, 6.45) is 4.42. The molecule has 90 valence electrons. The zero-order valence-electron chi connectivity index (χ0n) is 10.1. The van der Waals surface area contributed by atoms with Crippen molar-refractivity contribution in [2.45, 2.75) is 12.5 Å². The van der Waals surface area contributed by atoms with E-state index in [0.29, 0.717) is 0 Å². The summed E-state index contributed by atoms with van der Waals surface area (Å²) in [5.74, 6) is 1.75. The highest BCUT2D eigenvalue weighted by molar-refractivity contribution is 5.29. The van der Waals surface area contributed by atoms with Gasteiger partial charge in [-0.3, -0.25) is 0 Å². The normalized spacial score (nSPS) is 12.4. The van der Waals surface area contributed by atoms with E-state index in [1.807, 2.05) is 42.1 Å². The summed E-state index contributed by atoms with van der Waals surface area (Å²) >= 11 is 0. The van der Waals surface area contributed by atoms with Crippen LogP contribution in [0.1, 0.15) is 17.4 Å². The van der Waals surface area contributed by atoms with Crippen LogP contribution in [0.2, 0.25) is 0 Å². The summed E-state index contributed by atoms with van der Waals surface area (Å²) in [5, 5.41) is 0. The summed E-state index contributed by atoms with van der Waals surface area (Å²) in [4.78, 5) is 4.26. The van der Waals surface area contributed by atoms with Crippen LogP contribution in [-0.4, -0.2) is 16.7 Å². The molecule has 0 saturated carbocycles. The number of imidazole rings is 1. The van der Waals surface area contributed by atoms with E-state index in [2.05, 4.69) is 4.98 Å². The van der Waals surface area contributed by atoms with Crippen molar-refractivity contribution >= 4 is 0 Å². The van der Waals surface area contributed by atoms with Crippen LogP contribution in [0.25, 0.3) is 0 Å². The van der Waals surface area contributed by atoms with Gasteiger partial charge < -0.3 is 15.0 Å². The summed E-state index contributed by atoms with van der Waals surface area (Å²) < 4.78 is 7.14.